The number of ketones is 1. The largest absolute Gasteiger partial charge is 0.370 e. The van der Waals surface area contributed by atoms with Crippen LogP contribution in [0.1, 0.15) is 57.8 Å². The lowest BCUT2D eigenvalue weighted by Gasteiger charge is -2.41. The minimum Gasteiger partial charge on any atom is -0.370 e. The summed E-state index contributed by atoms with van der Waals surface area (Å²) in [5, 5.41) is 0. The van der Waals surface area contributed by atoms with Crippen molar-refractivity contribution in [3.05, 3.63) is 0 Å². The Morgan fingerprint density at radius 3 is 2.07 bits per heavy atom. The molecule has 2 aliphatic rings. The van der Waals surface area contributed by atoms with Crippen LogP contribution in [-0.4, -0.2) is 18.5 Å². The zero-order valence-electron chi connectivity index (χ0n) is 9.76. The number of rotatable bonds is 3. The van der Waals surface area contributed by atoms with E-state index in [-0.39, 0.29) is 5.60 Å². The van der Waals surface area contributed by atoms with Crippen LogP contribution in [-0.2, 0) is 9.53 Å². The van der Waals surface area contributed by atoms with Crippen LogP contribution in [0.15, 0.2) is 0 Å². The molecule has 0 aliphatic heterocycles. The Hall–Kier alpha value is -0.370. The molecule has 0 saturated heterocycles. The molecule has 2 heteroatoms. The van der Waals surface area contributed by atoms with E-state index >= 15 is 0 Å². The number of hydrogen-bond donors (Lipinski definition) is 0. The van der Waals surface area contributed by atoms with E-state index in [4.69, 9.17) is 4.74 Å². The van der Waals surface area contributed by atoms with Crippen molar-refractivity contribution in [3.63, 3.8) is 0 Å². The molecule has 0 radical (unpaired) electrons. The first-order valence-electron chi connectivity index (χ1n) is 6.38. The zero-order chi connectivity index (χ0) is 10.7. The lowest BCUT2D eigenvalue weighted by molar-refractivity contribution is -0.156. The molecule has 0 heterocycles. The third kappa shape index (κ3) is 2.10. The van der Waals surface area contributed by atoms with E-state index in [1.807, 2.05) is 0 Å². The SMILES string of the molecule is COC1(C(=O)C2CCCCCC2)CCC1. The average molecular weight is 210 g/mol. The molecule has 0 N–H and O–H groups in total. The minimum atomic E-state index is -0.366. The maximum atomic E-state index is 12.4. The monoisotopic (exact) mass is 210 g/mol. The fourth-order valence-electron chi connectivity index (χ4n) is 2.96. The van der Waals surface area contributed by atoms with Gasteiger partial charge < -0.3 is 4.74 Å². The lowest BCUT2D eigenvalue weighted by Crippen LogP contribution is -2.49. The van der Waals surface area contributed by atoms with Crippen molar-refractivity contribution < 1.29 is 9.53 Å². The first kappa shape index (κ1) is 11.1. The predicted molar refractivity (Wildman–Crippen MR) is 59.8 cm³/mol. The molecule has 0 aromatic rings. The van der Waals surface area contributed by atoms with E-state index in [0.717, 1.165) is 32.1 Å². The molecule has 15 heavy (non-hydrogen) atoms. The second-order valence-electron chi connectivity index (χ2n) is 5.10. The van der Waals surface area contributed by atoms with E-state index in [1.54, 1.807) is 7.11 Å². The third-order valence-electron chi connectivity index (χ3n) is 4.23. The van der Waals surface area contributed by atoms with Gasteiger partial charge in [0.25, 0.3) is 0 Å². The molecular weight excluding hydrogens is 188 g/mol. The average Bonchev–Trinajstić information content (AvgIpc) is 2.44. The smallest absolute Gasteiger partial charge is 0.167 e. The summed E-state index contributed by atoms with van der Waals surface area (Å²) in [7, 11) is 1.70. The Bertz CT molecular complexity index is 217. The van der Waals surface area contributed by atoms with Crippen LogP contribution in [0.3, 0.4) is 0 Å². The molecule has 2 nitrogen and oxygen atoms in total. The highest BCUT2D eigenvalue weighted by atomic mass is 16.5. The number of hydrogen-bond acceptors (Lipinski definition) is 2. The van der Waals surface area contributed by atoms with Crippen LogP contribution in [0, 0.1) is 5.92 Å². The van der Waals surface area contributed by atoms with Crippen molar-refractivity contribution in [3.8, 4) is 0 Å². The second kappa shape index (κ2) is 4.65. The topological polar surface area (TPSA) is 26.3 Å². The molecule has 2 rings (SSSR count). The van der Waals surface area contributed by atoms with Gasteiger partial charge in [-0.15, -0.1) is 0 Å². The molecule has 2 aliphatic carbocycles. The van der Waals surface area contributed by atoms with Crippen LogP contribution in [0.5, 0.6) is 0 Å². The van der Waals surface area contributed by atoms with Crippen LogP contribution < -0.4 is 0 Å². The van der Waals surface area contributed by atoms with Gasteiger partial charge >= 0.3 is 0 Å². The van der Waals surface area contributed by atoms with Crippen molar-refractivity contribution in [1.82, 2.24) is 0 Å². The zero-order valence-corrected chi connectivity index (χ0v) is 9.76. The second-order valence-corrected chi connectivity index (χ2v) is 5.10. The van der Waals surface area contributed by atoms with Crippen molar-refractivity contribution in [2.75, 3.05) is 7.11 Å². The van der Waals surface area contributed by atoms with Gasteiger partial charge in [-0.3, -0.25) is 4.79 Å². The molecule has 2 fully saturated rings. The first-order valence-corrected chi connectivity index (χ1v) is 6.38. The lowest BCUT2D eigenvalue weighted by atomic mass is 9.71. The summed E-state index contributed by atoms with van der Waals surface area (Å²) in [6.07, 6.45) is 10.4. The van der Waals surface area contributed by atoms with Gasteiger partial charge in [-0.25, -0.2) is 0 Å². The molecule has 0 aromatic heterocycles. The number of methoxy groups -OCH3 is 1. The van der Waals surface area contributed by atoms with Crippen molar-refractivity contribution in [1.29, 1.82) is 0 Å². The van der Waals surface area contributed by atoms with E-state index in [2.05, 4.69) is 0 Å². The number of carbonyl (C=O) groups is 1. The van der Waals surface area contributed by atoms with Gasteiger partial charge in [-0.05, 0) is 32.1 Å². The Kier molecular flexibility index (Phi) is 3.45. The molecule has 0 aromatic carbocycles. The minimum absolute atomic E-state index is 0.299. The Balaban J connectivity index is 1.98. The molecule has 0 spiro atoms. The van der Waals surface area contributed by atoms with Crippen LogP contribution in [0.4, 0.5) is 0 Å². The van der Waals surface area contributed by atoms with Crippen LogP contribution in [0.25, 0.3) is 0 Å². The summed E-state index contributed by atoms with van der Waals surface area (Å²) in [5.74, 6) is 0.714. The summed E-state index contributed by atoms with van der Waals surface area (Å²) in [6.45, 7) is 0. The van der Waals surface area contributed by atoms with Crippen LogP contribution >= 0.6 is 0 Å². The summed E-state index contributed by atoms with van der Waals surface area (Å²) >= 11 is 0. The highest BCUT2D eigenvalue weighted by molar-refractivity contribution is 5.90. The van der Waals surface area contributed by atoms with Gasteiger partial charge in [-0.2, -0.15) is 0 Å². The van der Waals surface area contributed by atoms with Crippen molar-refractivity contribution in [2.45, 2.75) is 63.4 Å². The summed E-state index contributed by atoms with van der Waals surface area (Å²) in [6, 6.07) is 0. The maximum Gasteiger partial charge on any atom is 0.167 e. The standard InChI is InChI=1S/C13H22O2/c1-15-13(9-6-10-13)12(14)11-7-4-2-3-5-8-11/h11H,2-10H2,1H3. The molecule has 86 valence electrons. The highest BCUT2D eigenvalue weighted by Gasteiger charge is 2.46. The Morgan fingerprint density at radius 2 is 1.67 bits per heavy atom. The van der Waals surface area contributed by atoms with Crippen LogP contribution in [0.2, 0.25) is 0 Å². The Labute approximate surface area is 92.4 Å². The van der Waals surface area contributed by atoms with E-state index < -0.39 is 0 Å². The maximum absolute atomic E-state index is 12.4. The van der Waals surface area contributed by atoms with Crippen molar-refractivity contribution >= 4 is 5.78 Å². The van der Waals surface area contributed by atoms with E-state index in [0.29, 0.717) is 11.7 Å². The van der Waals surface area contributed by atoms with E-state index in [9.17, 15) is 4.79 Å². The number of carbonyl (C=O) groups excluding carboxylic acids is 1. The fourth-order valence-corrected chi connectivity index (χ4v) is 2.96. The van der Waals surface area contributed by atoms with Gasteiger partial charge in [0.15, 0.2) is 5.78 Å². The third-order valence-corrected chi connectivity index (χ3v) is 4.23. The number of Topliss-reactive ketones (excluding diaryl/α,β-unsaturated/α-hetero) is 1. The van der Waals surface area contributed by atoms with Crippen molar-refractivity contribution in [2.24, 2.45) is 5.92 Å². The molecular formula is C13H22O2. The van der Waals surface area contributed by atoms with Gasteiger partial charge in [0.2, 0.25) is 0 Å². The predicted octanol–water partition coefficient (Wildman–Crippen LogP) is 3.10. The Morgan fingerprint density at radius 1 is 1.07 bits per heavy atom. The first-order chi connectivity index (χ1) is 7.28. The molecule has 0 amide bonds. The molecule has 2 saturated carbocycles. The normalized spacial score (nSPS) is 26.7. The number of ether oxygens (including phenoxy) is 1. The highest BCUT2D eigenvalue weighted by Crippen LogP contribution is 2.40. The molecule has 0 unspecified atom stereocenters. The summed E-state index contributed by atoms with van der Waals surface area (Å²) in [4.78, 5) is 12.4. The summed E-state index contributed by atoms with van der Waals surface area (Å²) < 4.78 is 5.48. The van der Waals surface area contributed by atoms with Gasteiger partial charge in [0.1, 0.15) is 5.60 Å². The van der Waals surface area contributed by atoms with Gasteiger partial charge in [0, 0.05) is 13.0 Å². The molecule has 0 bridgehead atoms. The van der Waals surface area contributed by atoms with Gasteiger partial charge in [-0.1, -0.05) is 25.7 Å². The molecule has 0 atom stereocenters. The quantitative estimate of drug-likeness (QED) is 0.669. The fraction of sp³-hybridized carbons (Fsp3) is 0.923. The summed E-state index contributed by atoms with van der Waals surface area (Å²) in [5.41, 5.74) is -0.366. The van der Waals surface area contributed by atoms with Gasteiger partial charge in [0.05, 0.1) is 0 Å². The van der Waals surface area contributed by atoms with E-state index in [1.165, 1.54) is 25.7 Å².